The Kier molecular flexibility index (Phi) is 2.23. The molecule has 0 saturated carbocycles. The summed E-state index contributed by atoms with van der Waals surface area (Å²) in [5.74, 6) is 0. The standard InChI is InChI=1S/C9H9N3S/c10-4-1-2-8-7-3-5-13-9(7)12-6-11-8/h1,3-6H,2,10H2. The van der Waals surface area contributed by atoms with E-state index < -0.39 is 0 Å². The van der Waals surface area contributed by atoms with Crippen LogP contribution < -0.4 is 5.73 Å². The summed E-state index contributed by atoms with van der Waals surface area (Å²) in [5.41, 5.74) is 6.31. The van der Waals surface area contributed by atoms with Crippen LogP contribution >= 0.6 is 11.3 Å². The van der Waals surface area contributed by atoms with E-state index in [-0.39, 0.29) is 0 Å². The molecular weight excluding hydrogens is 182 g/mol. The number of rotatable bonds is 2. The van der Waals surface area contributed by atoms with Crippen LogP contribution in [0.5, 0.6) is 0 Å². The van der Waals surface area contributed by atoms with Crippen LogP contribution in [0.4, 0.5) is 0 Å². The molecule has 2 aromatic heterocycles. The molecule has 66 valence electrons. The minimum Gasteiger partial charge on any atom is -0.405 e. The summed E-state index contributed by atoms with van der Waals surface area (Å²) in [6.07, 6.45) is 5.80. The molecule has 2 heterocycles. The van der Waals surface area contributed by atoms with Crippen LogP contribution in [0.1, 0.15) is 5.69 Å². The molecule has 0 amide bonds. The van der Waals surface area contributed by atoms with Gasteiger partial charge in [0.2, 0.25) is 0 Å². The van der Waals surface area contributed by atoms with Crippen LogP contribution in [0.3, 0.4) is 0 Å². The van der Waals surface area contributed by atoms with Gasteiger partial charge in [-0.15, -0.1) is 11.3 Å². The first kappa shape index (κ1) is 8.19. The van der Waals surface area contributed by atoms with Crippen LogP contribution in [0.25, 0.3) is 10.2 Å². The van der Waals surface area contributed by atoms with Crippen molar-refractivity contribution in [3.63, 3.8) is 0 Å². The molecule has 4 heteroatoms. The van der Waals surface area contributed by atoms with Crippen molar-refractivity contribution < 1.29 is 0 Å². The average Bonchev–Trinajstić information content (AvgIpc) is 2.62. The molecule has 0 unspecified atom stereocenters. The van der Waals surface area contributed by atoms with Crippen LogP contribution in [-0.4, -0.2) is 9.97 Å². The van der Waals surface area contributed by atoms with Crippen LogP contribution in [0, 0.1) is 0 Å². The summed E-state index contributed by atoms with van der Waals surface area (Å²) >= 11 is 1.63. The van der Waals surface area contributed by atoms with Crippen molar-refractivity contribution >= 4 is 21.6 Å². The Morgan fingerprint density at radius 1 is 1.46 bits per heavy atom. The van der Waals surface area contributed by atoms with Crippen LogP contribution in [0.2, 0.25) is 0 Å². The molecule has 0 atom stereocenters. The highest BCUT2D eigenvalue weighted by molar-refractivity contribution is 7.16. The number of thiophene rings is 1. The monoisotopic (exact) mass is 191 g/mol. The van der Waals surface area contributed by atoms with E-state index in [9.17, 15) is 0 Å². The number of hydrogen-bond donors (Lipinski definition) is 1. The van der Waals surface area contributed by atoms with Crippen molar-refractivity contribution in [2.45, 2.75) is 6.42 Å². The van der Waals surface area contributed by atoms with Gasteiger partial charge in [-0.2, -0.15) is 0 Å². The summed E-state index contributed by atoms with van der Waals surface area (Å²) in [6.45, 7) is 0. The predicted molar refractivity (Wildman–Crippen MR) is 54.4 cm³/mol. The van der Waals surface area contributed by atoms with Crippen molar-refractivity contribution in [2.75, 3.05) is 0 Å². The molecule has 2 N–H and O–H groups in total. The lowest BCUT2D eigenvalue weighted by molar-refractivity contribution is 1.09. The Bertz CT molecular complexity index is 433. The molecule has 0 spiro atoms. The van der Waals surface area contributed by atoms with Gasteiger partial charge in [-0.3, -0.25) is 0 Å². The fourth-order valence-electron chi connectivity index (χ4n) is 1.18. The zero-order valence-electron chi connectivity index (χ0n) is 6.97. The maximum Gasteiger partial charge on any atom is 0.126 e. The Labute approximate surface area is 79.9 Å². The lowest BCUT2D eigenvalue weighted by Gasteiger charge is -1.96. The molecule has 13 heavy (non-hydrogen) atoms. The van der Waals surface area contributed by atoms with Gasteiger partial charge in [0.25, 0.3) is 0 Å². The molecule has 0 aliphatic rings. The van der Waals surface area contributed by atoms with Crippen molar-refractivity contribution in [2.24, 2.45) is 5.73 Å². The topological polar surface area (TPSA) is 51.8 Å². The second-order valence-corrected chi connectivity index (χ2v) is 3.49. The van der Waals surface area contributed by atoms with E-state index >= 15 is 0 Å². The minimum atomic E-state index is 0.770. The molecule has 0 aliphatic heterocycles. The third-order valence-corrected chi connectivity index (χ3v) is 2.61. The molecule has 3 nitrogen and oxygen atoms in total. The van der Waals surface area contributed by atoms with E-state index in [2.05, 4.69) is 9.97 Å². The third kappa shape index (κ3) is 1.53. The molecule has 0 aromatic carbocycles. The number of allylic oxidation sites excluding steroid dienone is 1. The van der Waals surface area contributed by atoms with E-state index in [1.807, 2.05) is 17.5 Å². The molecule has 0 saturated heterocycles. The molecule has 0 radical (unpaired) electrons. The number of nitrogens with zero attached hydrogens (tertiary/aromatic N) is 2. The summed E-state index contributed by atoms with van der Waals surface area (Å²) in [7, 11) is 0. The SMILES string of the molecule is NC=CCc1ncnc2sccc12. The van der Waals surface area contributed by atoms with Gasteiger partial charge in [0.15, 0.2) is 0 Å². The van der Waals surface area contributed by atoms with Crippen molar-refractivity contribution in [3.8, 4) is 0 Å². The number of nitrogens with two attached hydrogens (primary N) is 1. The molecule has 2 aromatic rings. The normalized spacial score (nSPS) is 11.4. The smallest absolute Gasteiger partial charge is 0.126 e. The van der Waals surface area contributed by atoms with Crippen LogP contribution in [-0.2, 0) is 6.42 Å². The summed E-state index contributed by atoms with van der Waals surface area (Å²) in [5, 5.41) is 3.15. The second kappa shape index (κ2) is 3.53. The number of fused-ring (bicyclic) bond motifs is 1. The van der Waals surface area contributed by atoms with E-state index in [4.69, 9.17) is 5.73 Å². The molecule has 0 fully saturated rings. The van der Waals surface area contributed by atoms with Gasteiger partial charge in [-0.25, -0.2) is 9.97 Å². The Hall–Kier alpha value is -1.42. The average molecular weight is 191 g/mol. The summed E-state index contributed by atoms with van der Waals surface area (Å²) in [6, 6.07) is 2.04. The number of aromatic nitrogens is 2. The van der Waals surface area contributed by atoms with E-state index in [0.717, 1.165) is 22.3 Å². The maximum atomic E-state index is 5.27. The minimum absolute atomic E-state index is 0.770. The fraction of sp³-hybridized carbons (Fsp3) is 0.111. The lowest BCUT2D eigenvalue weighted by atomic mass is 10.2. The highest BCUT2D eigenvalue weighted by Gasteiger charge is 2.01. The van der Waals surface area contributed by atoms with E-state index in [0.29, 0.717) is 0 Å². The number of hydrogen-bond acceptors (Lipinski definition) is 4. The first-order valence-corrected chi connectivity index (χ1v) is 4.83. The van der Waals surface area contributed by atoms with E-state index in [1.54, 1.807) is 23.9 Å². The van der Waals surface area contributed by atoms with Gasteiger partial charge in [-0.1, -0.05) is 6.08 Å². The first-order valence-electron chi connectivity index (χ1n) is 3.95. The first-order chi connectivity index (χ1) is 6.42. The Morgan fingerprint density at radius 2 is 2.38 bits per heavy atom. The van der Waals surface area contributed by atoms with Gasteiger partial charge < -0.3 is 5.73 Å². The zero-order valence-corrected chi connectivity index (χ0v) is 7.79. The van der Waals surface area contributed by atoms with Crippen molar-refractivity contribution in [3.05, 3.63) is 35.7 Å². The molecule has 0 aliphatic carbocycles. The lowest BCUT2D eigenvalue weighted by Crippen LogP contribution is -1.90. The predicted octanol–water partition coefficient (Wildman–Crippen LogP) is 1.71. The third-order valence-electron chi connectivity index (χ3n) is 1.79. The van der Waals surface area contributed by atoms with Crippen molar-refractivity contribution in [1.82, 2.24) is 9.97 Å². The molecule has 2 rings (SSSR count). The highest BCUT2D eigenvalue weighted by atomic mass is 32.1. The molecular formula is C9H9N3S. The fourth-order valence-corrected chi connectivity index (χ4v) is 1.94. The maximum absolute atomic E-state index is 5.27. The summed E-state index contributed by atoms with van der Waals surface area (Å²) < 4.78 is 0. The van der Waals surface area contributed by atoms with Crippen LogP contribution in [0.15, 0.2) is 30.0 Å². The van der Waals surface area contributed by atoms with Gasteiger partial charge >= 0.3 is 0 Å². The molecule has 0 bridgehead atoms. The summed E-state index contributed by atoms with van der Waals surface area (Å²) in [4.78, 5) is 9.40. The highest BCUT2D eigenvalue weighted by Crippen LogP contribution is 2.20. The quantitative estimate of drug-likeness (QED) is 0.786. The van der Waals surface area contributed by atoms with Gasteiger partial charge in [0.1, 0.15) is 11.2 Å². The van der Waals surface area contributed by atoms with Gasteiger partial charge in [0.05, 0.1) is 5.69 Å². The Balaban J connectivity index is 2.48. The van der Waals surface area contributed by atoms with Gasteiger partial charge in [0, 0.05) is 11.8 Å². The van der Waals surface area contributed by atoms with Crippen molar-refractivity contribution in [1.29, 1.82) is 0 Å². The van der Waals surface area contributed by atoms with E-state index in [1.165, 1.54) is 0 Å². The largest absolute Gasteiger partial charge is 0.405 e. The second-order valence-electron chi connectivity index (χ2n) is 2.59. The van der Waals surface area contributed by atoms with Gasteiger partial charge in [-0.05, 0) is 17.6 Å². The Morgan fingerprint density at radius 3 is 3.23 bits per heavy atom. The zero-order chi connectivity index (χ0) is 9.10.